The van der Waals surface area contributed by atoms with E-state index >= 15 is 0 Å². The molecule has 0 spiro atoms. The lowest BCUT2D eigenvalue weighted by atomic mass is 10.1. The summed E-state index contributed by atoms with van der Waals surface area (Å²) >= 11 is 0. The second kappa shape index (κ2) is 8.08. The van der Waals surface area contributed by atoms with Gasteiger partial charge in [-0.15, -0.1) is 0 Å². The van der Waals surface area contributed by atoms with Crippen molar-refractivity contribution < 1.29 is 9.53 Å². The van der Waals surface area contributed by atoms with Crippen molar-refractivity contribution in [2.45, 2.75) is 57.6 Å². The first kappa shape index (κ1) is 19.3. The van der Waals surface area contributed by atoms with Crippen molar-refractivity contribution in [1.29, 1.82) is 0 Å². The van der Waals surface area contributed by atoms with Crippen molar-refractivity contribution in [2.24, 2.45) is 5.92 Å². The predicted molar refractivity (Wildman–Crippen MR) is 112 cm³/mol. The largest absolute Gasteiger partial charge is 0.407 e. The maximum atomic E-state index is 10.2. The third kappa shape index (κ3) is 4.11. The third-order valence-corrected chi connectivity index (χ3v) is 10.6. The van der Waals surface area contributed by atoms with Crippen molar-refractivity contribution >= 4 is 18.7 Å². The van der Waals surface area contributed by atoms with Gasteiger partial charge in [0.2, 0.25) is 0 Å². The maximum Gasteiger partial charge on any atom is 0.261 e. The second-order valence-electron chi connectivity index (χ2n) is 8.56. The molecular formula is C23H32O2Si. The Labute approximate surface area is 159 Å². The fourth-order valence-corrected chi connectivity index (χ4v) is 8.60. The number of rotatable bonds is 8. The minimum Gasteiger partial charge on any atom is -0.407 e. The third-order valence-electron chi connectivity index (χ3n) is 5.55. The predicted octanol–water partition coefficient (Wildman–Crippen LogP) is 4.11. The molecule has 1 fully saturated rings. The molecule has 1 aliphatic rings. The van der Waals surface area contributed by atoms with E-state index < -0.39 is 8.32 Å². The van der Waals surface area contributed by atoms with E-state index in [2.05, 4.69) is 81.4 Å². The van der Waals surface area contributed by atoms with Crippen molar-refractivity contribution in [3.8, 4) is 0 Å². The standard InChI is InChI=1S/C23H32O2Si/c1-23(2,3)26(20-11-6-4-7-12-20,21-13-8-5-9-14-21)25-18-10-15-22(24)19-16-17-19/h4-9,11-14,19,22,24H,10,15-18H2,1-3H3. The highest BCUT2D eigenvalue weighted by Gasteiger charge is 2.49. The van der Waals surface area contributed by atoms with E-state index in [4.69, 9.17) is 4.43 Å². The van der Waals surface area contributed by atoms with Gasteiger partial charge in [-0.3, -0.25) is 0 Å². The summed E-state index contributed by atoms with van der Waals surface area (Å²) in [6.07, 6.45) is 4.01. The Balaban J connectivity index is 1.87. The van der Waals surface area contributed by atoms with E-state index in [0.29, 0.717) is 12.5 Å². The molecule has 0 amide bonds. The molecule has 3 rings (SSSR count). The van der Waals surface area contributed by atoms with Gasteiger partial charge in [-0.05, 0) is 47.0 Å². The van der Waals surface area contributed by atoms with Gasteiger partial charge >= 0.3 is 0 Å². The molecule has 0 heterocycles. The van der Waals surface area contributed by atoms with Gasteiger partial charge in [0, 0.05) is 6.61 Å². The van der Waals surface area contributed by atoms with Crippen LogP contribution < -0.4 is 10.4 Å². The minimum atomic E-state index is -2.41. The summed E-state index contributed by atoms with van der Waals surface area (Å²) in [5.41, 5.74) is 0. The molecule has 3 heteroatoms. The number of aliphatic hydroxyl groups excluding tert-OH is 1. The normalized spacial score (nSPS) is 16.5. The lowest BCUT2D eigenvalue weighted by Crippen LogP contribution is -2.66. The number of benzene rings is 2. The molecule has 1 saturated carbocycles. The molecule has 140 valence electrons. The quantitative estimate of drug-likeness (QED) is 0.561. The van der Waals surface area contributed by atoms with Gasteiger partial charge < -0.3 is 9.53 Å². The van der Waals surface area contributed by atoms with Crippen LogP contribution in [-0.4, -0.2) is 26.1 Å². The summed E-state index contributed by atoms with van der Waals surface area (Å²) in [5.74, 6) is 0.544. The zero-order valence-electron chi connectivity index (χ0n) is 16.3. The molecule has 1 unspecified atom stereocenters. The molecular weight excluding hydrogens is 336 g/mol. The van der Waals surface area contributed by atoms with Crippen molar-refractivity contribution in [1.82, 2.24) is 0 Å². The summed E-state index contributed by atoms with van der Waals surface area (Å²) in [7, 11) is -2.41. The molecule has 0 aromatic heterocycles. The monoisotopic (exact) mass is 368 g/mol. The Hall–Kier alpha value is -1.42. The van der Waals surface area contributed by atoms with E-state index in [1.54, 1.807) is 0 Å². The molecule has 0 radical (unpaired) electrons. The van der Waals surface area contributed by atoms with Crippen LogP contribution in [0, 0.1) is 5.92 Å². The highest BCUT2D eigenvalue weighted by atomic mass is 28.4. The molecule has 0 saturated heterocycles. The first-order valence-corrected chi connectivity index (χ1v) is 11.8. The second-order valence-corrected chi connectivity index (χ2v) is 12.9. The van der Waals surface area contributed by atoms with Crippen molar-refractivity contribution in [2.75, 3.05) is 6.61 Å². The Kier molecular flexibility index (Phi) is 6.01. The molecule has 2 nitrogen and oxygen atoms in total. The average molecular weight is 369 g/mol. The molecule has 1 aliphatic carbocycles. The number of aliphatic hydroxyl groups is 1. The lowest BCUT2D eigenvalue weighted by Gasteiger charge is -2.43. The summed E-state index contributed by atoms with van der Waals surface area (Å²) in [5, 5.41) is 12.8. The van der Waals surface area contributed by atoms with Gasteiger partial charge in [0.15, 0.2) is 0 Å². The van der Waals surface area contributed by atoms with Crippen LogP contribution in [0.1, 0.15) is 46.5 Å². The lowest BCUT2D eigenvalue weighted by molar-refractivity contribution is 0.130. The highest BCUT2D eigenvalue weighted by molar-refractivity contribution is 6.99. The summed E-state index contributed by atoms with van der Waals surface area (Å²) in [4.78, 5) is 0. The van der Waals surface area contributed by atoms with Gasteiger partial charge in [-0.2, -0.15) is 0 Å². The topological polar surface area (TPSA) is 29.5 Å². The van der Waals surface area contributed by atoms with E-state index in [-0.39, 0.29) is 11.1 Å². The smallest absolute Gasteiger partial charge is 0.261 e. The molecule has 26 heavy (non-hydrogen) atoms. The Morgan fingerprint density at radius 3 is 1.88 bits per heavy atom. The summed E-state index contributed by atoms with van der Waals surface area (Å²) in [6.45, 7) is 7.62. The highest BCUT2D eigenvalue weighted by Crippen LogP contribution is 2.37. The maximum absolute atomic E-state index is 10.2. The van der Waals surface area contributed by atoms with Crippen LogP contribution in [-0.2, 0) is 4.43 Å². The van der Waals surface area contributed by atoms with Crippen LogP contribution >= 0.6 is 0 Å². The first-order chi connectivity index (χ1) is 12.4. The Morgan fingerprint density at radius 2 is 1.46 bits per heavy atom. The van der Waals surface area contributed by atoms with Gasteiger partial charge in [0.1, 0.15) is 0 Å². The first-order valence-electron chi connectivity index (χ1n) is 9.88. The minimum absolute atomic E-state index is 0.0187. The van der Waals surface area contributed by atoms with Crippen LogP contribution in [0.2, 0.25) is 5.04 Å². The summed E-state index contributed by atoms with van der Waals surface area (Å²) in [6, 6.07) is 21.5. The average Bonchev–Trinajstić information content (AvgIpc) is 3.47. The molecule has 2 aromatic carbocycles. The fraction of sp³-hybridized carbons (Fsp3) is 0.478. The van der Waals surface area contributed by atoms with E-state index in [1.807, 2.05) is 0 Å². The van der Waals surface area contributed by atoms with E-state index in [9.17, 15) is 5.11 Å². The van der Waals surface area contributed by atoms with Gasteiger partial charge in [0.05, 0.1) is 6.10 Å². The summed E-state index contributed by atoms with van der Waals surface area (Å²) < 4.78 is 6.84. The zero-order chi connectivity index (χ0) is 18.6. The van der Waals surface area contributed by atoms with Crippen LogP contribution in [0.4, 0.5) is 0 Å². The van der Waals surface area contributed by atoms with Crippen LogP contribution in [0.25, 0.3) is 0 Å². The zero-order valence-corrected chi connectivity index (χ0v) is 17.3. The van der Waals surface area contributed by atoms with Gasteiger partial charge in [-0.1, -0.05) is 81.4 Å². The molecule has 1 atom stereocenters. The van der Waals surface area contributed by atoms with Crippen LogP contribution in [0.15, 0.2) is 60.7 Å². The van der Waals surface area contributed by atoms with E-state index in [0.717, 1.165) is 12.8 Å². The van der Waals surface area contributed by atoms with Gasteiger partial charge in [-0.25, -0.2) is 0 Å². The van der Waals surface area contributed by atoms with Crippen molar-refractivity contribution in [3.63, 3.8) is 0 Å². The van der Waals surface area contributed by atoms with Gasteiger partial charge in [0.25, 0.3) is 8.32 Å². The van der Waals surface area contributed by atoms with E-state index in [1.165, 1.54) is 23.2 Å². The Bertz CT molecular complexity index is 635. The molecule has 2 aromatic rings. The molecule has 0 aliphatic heterocycles. The van der Waals surface area contributed by atoms with Crippen molar-refractivity contribution in [3.05, 3.63) is 60.7 Å². The Morgan fingerprint density at radius 1 is 0.962 bits per heavy atom. The SMILES string of the molecule is CC(C)(C)[Si](OCCCC(O)C1CC1)(c1ccccc1)c1ccccc1. The number of hydrogen-bond donors (Lipinski definition) is 1. The fourth-order valence-electron chi connectivity index (χ4n) is 4.00. The van der Waals surface area contributed by atoms with Crippen LogP contribution in [0.5, 0.6) is 0 Å². The van der Waals surface area contributed by atoms with Crippen LogP contribution in [0.3, 0.4) is 0 Å². The number of hydrogen-bond acceptors (Lipinski definition) is 2. The molecule has 0 bridgehead atoms. The molecule has 1 N–H and O–H groups in total.